The standard InChI is InChI=1S/C17H18N2O5/c1-2-24-16(20)4-3-10-18-11-9-14(12-18)17(21)13-5-7-15(8-6-13)19(22)23/h5-9,11-12H,2-4,10H2,1H3. The molecule has 0 radical (unpaired) electrons. The van der Waals surface area contributed by atoms with Gasteiger partial charge in [0.15, 0.2) is 5.78 Å². The third-order valence-electron chi connectivity index (χ3n) is 3.46. The zero-order valence-electron chi connectivity index (χ0n) is 13.3. The van der Waals surface area contributed by atoms with Crippen LogP contribution in [-0.4, -0.2) is 27.8 Å². The van der Waals surface area contributed by atoms with E-state index in [1.54, 1.807) is 25.4 Å². The predicted molar refractivity (Wildman–Crippen MR) is 86.8 cm³/mol. The molecule has 1 aromatic carbocycles. The summed E-state index contributed by atoms with van der Waals surface area (Å²) in [6, 6.07) is 7.19. The van der Waals surface area contributed by atoms with Crippen LogP contribution in [-0.2, 0) is 16.1 Å². The zero-order valence-corrected chi connectivity index (χ0v) is 13.3. The number of nitrogens with zero attached hydrogens (tertiary/aromatic N) is 2. The van der Waals surface area contributed by atoms with E-state index in [9.17, 15) is 19.7 Å². The molecular weight excluding hydrogens is 312 g/mol. The number of carbonyl (C=O) groups is 2. The first-order valence-corrected chi connectivity index (χ1v) is 7.62. The monoisotopic (exact) mass is 330 g/mol. The van der Waals surface area contributed by atoms with E-state index in [2.05, 4.69) is 0 Å². The van der Waals surface area contributed by atoms with Crippen molar-refractivity contribution in [3.8, 4) is 0 Å². The lowest BCUT2D eigenvalue weighted by Gasteiger charge is -2.03. The van der Waals surface area contributed by atoms with Gasteiger partial charge in [-0.05, 0) is 31.5 Å². The number of ether oxygens (including phenoxy) is 1. The van der Waals surface area contributed by atoms with E-state index in [-0.39, 0.29) is 17.4 Å². The molecule has 7 nitrogen and oxygen atoms in total. The lowest BCUT2D eigenvalue weighted by molar-refractivity contribution is -0.384. The fourth-order valence-corrected chi connectivity index (χ4v) is 2.25. The normalized spacial score (nSPS) is 10.4. The predicted octanol–water partition coefficient (Wildman–Crippen LogP) is 2.97. The van der Waals surface area contributed by atoms with Crippen molar-refractivity contribution in [3.63, 3.8) is 0 Å². The average molecular weight is 330 g/mol. The van der Waals surface area contributed by atoms with Gasteiger partial charge < -0.3 is 9.30 Å². The van der Waals surface area contributed by atoms with Crippen LogP contribution in [0.3, 0.4) is 0 Å². The molecule has 1 aromatic heterocycles. The van der Waals surface area contributed by atoms with Gasteiger partial charge in [-0.1, -0.05) is 0 Å². The Balaban J connectivity index is 1.95. The van der Waals surface area contributed by atoms with Gasteiger partial charge in [-0.15, -0.1) is 0 Å². The van der Waals surface area contributed by atoms with Gasteiger partial charge in [-0.25, -0.2) is 0 Å². The van der Waals surface area contributed by atoms with E-state index in [4.69, 9.17) is 4.74 Å². The summed E-state index contributed by atoms with van der Waals surface area (Å²) >= 11 is 0. The van der Waals surface area contributed by atoms with Gasteiger partial charge in [-0.3, -0.25) is 19.7 Å². The highest BCUT2D eigenvalue weighted by atomic mass is 16.6. The van der Waals surface area contributed by atoms with Crippen LogP contribution in [0.15, 0.2) is 42.7 Å². The van der Waals surface area contributed by atoms with Crippen molar-refractivity contribution in [1.82, 2.24) is 4.57 Å². The molecule has 0 aliphatic rings. The number of ketones is 1. The molecule has 2 rings (SSSR count). The van der Waals surface area contributed by atoms with Crippen LogP contribution in [0, 0.1) is 10.1 Å². The number of rotatable bonds is 8. The highest BCUT2D eigenvalue weighted by Gasteiger charge is 2.13. The minimum Gasteiger partial charge on any atom is -0.466 e. The number of nitro groups is 1. The number of nitro benzene ring substituents is 1. The van der Waals surface area contributed by atoms with Crippen molar-refractivity contribution in [2.45, 2.75) is 26.3 Å². The van der Waals surface area contributed by atoms with Gasteiger partial charge >= 0.3 is 5.97 Å². The van der Waals surface area contributed by atoms with E-state index >= 15 is 0 Å². The lowest BCUT2D eigenvalue weighted by Crippen LogP contribution is -2.06. The molecule has 0 bridgehead atoms. The van der Waals surface area contributed by atoms with Crippen LogP contribution in [0.25, 0.3) is 0 Å². The quantitative estimate of drug-likeness (QED) is 0.321. The number of benzene rings is 1. The molecule has 7 heteroatoms. The first-order chi connectivity index (χ1) is 11.5. The van der Waals surface area contributed by atoms with Crippen molar-refractivity contribution < 1.29 is 19.2 Å². The number of carbonyl (C=O) groups excluding carboxylic acids is 2. The molecule has 0 spiro atoms. The van der Waals surface area contributed by atoms with Crippen LogP contribution < -0.4 is 0 Å². The van der Waals surface area contributed by atoms with E-state index in [0.717, 1.165) is 0 Å². The van der Waals surface area contributed by atoms with Gasteiger partial charge in [0.25, 0.3) is 5.69 Å². The van der Waals surface area contributed by atoms with E-state index in [0.29, 0.717) is 37.1 Å². The molecule has 0 amide bonds. The number of aryl methyl sites for hydroxylation is 1. The summed E-state index contributed by atoms with van der Waals surface area (Å²) < 4.78 is 6.69. The molecule has 0 N–H and O–H groups in total. The Bertz CT molecular complexity index is 734. The average Bonchev–Trinajstić information content (AvgIpc) is 3.03. The minimum absolute atomic E-state index is 0.0527. The topological polar surface area (TPSA) is 91.4 Å². The Morgan fingerprint density at radius 3 is 2.50 bits per heavy atom. The molecule has 0 unspecified atom stereocenters. The minimum atomic E-state index is -0.506. The van der Waals surface area contributed by atoms with Crippen LogP contribution in [0.1, 0.15) is 35.7 Å². The fourth-order valence-electron chi connectivity index (χ4n) is 2.25. The Morgan fingerprint density at radius 1 is 1.17 bits per heavy atom. The number of aromatic nitrogens is 1. The number of esters is 1. The molecule has 0 atom stereocenters. The first kappa shape index (κ1) is 17.4. The van der Waals surface area contributed by atoms with Gasteiger partial charge in [0.1, 0.15) is 0 Å². The molecule has 0 saturated carbocycles. The van der Waals surface area contributed by atoms with Crippen molar-refractivity contribution in [2.24, 2.45) is 0 Å². The maximum atomic E-state index is 12.4. The summed E-state index contributed by atoms with van der Waals surface area (Å²) in [6.45, 7) is 2.74. The van der Waals surface area contributed by atoms with Gasteiger partial charge in [0.2, 0.25) is 0 Å². The second kappa shape index (κ2) is 8.05. The smallest absolute Gasteiger partial charge is 0.305 e. The third kappa shape index (κ3) is 4.52. The Hall–Kier alpha value is -2.96. The first-order valence-electron chi connectivity index (χ1n) is 7.62. The largest absolute Gasteiger partial charge is 0.466 e. The Labute approximate surface area is 139 Å². The van der Waals surface area contributed by atoms with Gasteiger partial charge in [-0.2, -0.15) is 0 Å². The Morgan fingerprint density at radius 2 is 1.88 bits per heavy atom. The van der Waals surface area contributed by atoms with Crippen LogP contribution in [0.2, 0.25) is 0 Å². The summed E-state index contributed by atoms with van der Waals surface area (Å²) in [5, 5.41) is 10.6. The molecule has 0 aliphatic heterocycles. The summed E-state index contributed by atoms with van der Waals surface area (Å²) in [5.74, 6) is -0.430. The molecule has 0 fully saturated rings. The maximum absolute atomic E-state index is 12.4. The molecule has 0 aliphatic carbocycles. The molecule has 24 heavy (non-hydrogen) atoms. The highest BCUT2D eigenvalue weighted by Crippen LogP contribution is 2.16. The Kier molecular flexibility index (Phi) is 5.83. The summed E-state index contributed by atoms with van der Waals surface area (Å²) in [7, 11) is 0. The van der Waals surface area contributed by atoms with Crippen molar-refractivity contribution in [2.75, 3.05) is 6.61 Å². The van der Waals surface area contributed by atoms with Crippen LogP contribution >= 0.6 is 0 Å². The second-order valence-corrected chi connectivity index (χ2v) is 5.18. The molecule has 0 saturated heterocycles. The number of non-ortho nitro benzene ring substituents is 1. The number of hydrogen-bond acceptors (Lipinski definition) is 5. The van der Waals surface area contributed by atoms with E-state index in [1.165, 1.54) is 24.3 Å². The van der Waals surface area contributed by atoms with Gasteiger partial charge in [0, 0.05) is 48.6 Å². The van der Waals surface area contributed by atoms with Crippen molar-refractivity contribution in [3.05, 3.63) is 64.0 Å². The molecule has 2 aromatic rings. The van der Waals surface area contributed by atoms with E-state index in [1.807, 2.05) is 4.57 Å². The van der Waals surface area contributed by atoms with Gasteiger partial charge in [0.05, 0.1) is 11.5 Å². The SMILES string of the molecule is CCOC(=O)CCCn1ccc(C(=O)c2ccc([N+](=O)[O-])cc2)c1. The highest BCUT2D eigenvalue weighted by molar-refractivity contribution is 6.08. The van der Waals surface area contributed by atoms with Crippen molar-refractivity contribution >= 4 is 17.4 Å². The fraction of sp³-hybridized carbons (Fsp3) is 0.294. The van der Waals surface area contributed by atoms with Crippen LogP contribution in [0.5, 0.6) is 0 Å². The second-order valence-electron chi connectivity index (χ2n) is 5.18. The summed E-state index contributed by atoms with van der Waals surface area (Å²) in [5.41, 5.74) is 0.841. The summed E-state index contributed by atoms with van der Waals surface area (Å²) in [6.07, 6.45) is 4.43. The molecular formula is C17H18N2O5. The molecule has 1 heterocycles. The van der Waals surface area contributed by atoms with E-state index < -0.39 is 4.92 Å². The lowest BCUT2D eigenvalue weighted by atomic mass is 10.1. The number of hydrogen-bond donors (Lipinski definition) is 0. The third-order valence-corrected chi connectivity index (χ3v) is 3.46. The summed E-state index contributed by atoms with van der Waals surface area (Å²) in [4.78, 5) is 33.7. The maximum Gasteiger partial charge on any atom is 0.305 e. The molecule has 126 valence electrons. The van der Waals surface area contributed by atoms with Crippen LogP contribution in [0.4, 0.5) is 5.69 Å². The zero-order chi connectivity index (χ0) is 17.5. The van der Waals surface area contributed by atoms with Crippen molar-refractivity contribution in [1.29, 1.82) is 0 Å².